The quantitative estimate of drug-likeness (QED) is 0.821. The fraction of sp³-hybridized carbons (Fsp3) is 0.385. The highest BCUT2D eigenvalue weighted by molar-refractivity contribution is 5.89. The van der Waals surface area contributed by atoms with Gasteiger partial charge in [-0.1, -0.05) is 13.0 Å². The minimum atomic E-state index is -0.571. The van der Waals surface area contributed by atoms with Crippen LogP contribution in [0.2, 0.25) is 0 Å². The number of hydrogen-bond acceptors (Lipinski definition) is 3. The minimum Gasteiger partial charge on any atom is -0.469 e. The van der Waals surface area contributed by atoms with Gasteiger partial charge in [-0.05, 0) is 24.6 Å². The molecule has 2 N–H and O–H groups in total. The molecular formula is C13H17FN2O3. The molecule has 0 aromatic heterocycles. The largest absolute Gasteiger partial charge is 0.469 e. The van der Waals surface area contributed by atoms with Crippen LogP contribution in [0.25, 0.3) is 0 Å². The summed E-state index contributed by atoms with van der Waals surface area (Å²) in [6.45, 7) is 3.50. The van der Waals surface area contributed by atoms with Gasteiger partial charge in [0, 0.05) is 6.54 Å². The zero-order valence-corrected chi connectivity index (χ0v) is 11.1. The first-order chi connectivity index (χ1) is 8.93. The molecule has 0 aliphatic carbocycles. The van der Waals surface area contributed by atoms with Gasteiger partial charge in [0.1, 0.15) is 5.82 Å². The normalized spacial score (nSPS) is 11.6. The van der Waals surface area contributed by atoms with Crippen molar-refractivity contribution in [2.75, 3.05) is 19.0 Å². The van der Waals surface area contributed by atoms with E-state index in [2.05, 4.69) is 15.4 Å². The molecule has 1 aromatic rings. The maximum atomic E-state index is 13.5. The molecule has 2 amide bonds. The highest BCUT2D eigenvalue weighted by atomic mass is 19.1. The highest BCUT2D eigenvalue weighted by Crippen LogP contribution is 2.14. The number of amides is 2. The van der Waals surface area contributed by atoms with Crippen LogP contribution >= 0.6 is 0 Å². The van der Waals surface area contributed by atoms with Gasteiger partial charge in [0.05, 0.1) is 18.7 Å². The van der Waals surface area contributed by atoms with Crippen molar-refractivity contribution in [2.24, 2.45) is 5.92 Å². The monoisotopic (exact) mass is 268 g/mol. The number of ether oxygens (including phenoxy) is 1. The second kappa shape index (κ2) is 6.72. The van der Waals surface area contributed by atoms with Crippen LogP contribution in [0.3, 0.4) is 0 Å². The Bertz CT molecular complexity index is 477. The van der Waals surface area contributed by atoms with E-state index in [-0.39, 0.29) is 12.2 Å². The van der Waals surface area contributed by atoms with Crippen molar-refractivity contribution in [3.63, 3.8) is 0 Å². The lowest BCUT2D eigenvalue weighted by Crippen LogP contribution is -2.35. The second-order valence-electron chi connectivity index (χ2n) is 4.24. The maximum Gasteiger partial charge on any atom is 0.319 e. The predicted molar refractivity (Wildman–Crippen MR) is 69.3 cm³/mol. The summed E-state index contributed by atoms with van der Waals surface area (Å²) in [6.07, 6.45) is 0. The summed E-state index contributed by atoms with van der Waals surface area (Å²) in [4.78, 5) is 22.6. The van der Waals surface area contributed by atoms with E-state index in [0.29, 0.717) is 0 Å². The first-order valence-corrected chi connectivity index (χ1v) is 5.83. The van der Waals surface area contributed by atoms with Crippen molar-refractivity contribution < 1.29 is 18.7 Å². The molecule has 5 nitrogen and oxygen atoms in total. The van der Waals surface area contributed by atoms with Gasteiger partial charge in [-0.15, -0.1) is 0 Å². The third kappa shape index (κ3) is 4.57. The highest BCUT2D eigenvalue weighted by Gasteiger charge is 2.14. The number of carbonyl (C=O) groups is 2. The van der Waals surface area contributed by atoms with Crippen molar-refractivity contribution in [1.29, 1.82) is 0 Å². The Morgan fingerprint density at radius 3 is 2.68 bits per heavy atom. The second-order valence-corrected chi connectivity index (χ2v) is 4.24. The standard InChI is InChI=1S/C13H17FN2O3/c1-8-4-5-11(10(14)6-8)16-13(18)15-7-9(2)12(17)19-3/h4-6,9H,7H2,1-3H3,(H2,15,16,18). The number of urea groups is 1. The molecule has 0 aliphatic rings. The van der Waals surface area contributed by atoms with Crippen LogP contribution < -0.4 is 10.6 Å². The molecule has 0 saturated carbocycles. The number of nitrogens with one attached hydrogen (secondary N) is 2. The van der Waals surface area contributed by atoms with E-state index in [0.717, 1.165) is 5.56 Å². The van der Waals surface area contributed by atoms with Crippen molar-refractivity contribution in [1.82, 2.24) is 5.32 Å². The Labute approximate surface area is 111 Å². The van der Waals surface area contributed by atoms with Gasteiger partial charge in [0.25, 0.3) is 0 Å². The Balaban J connectivity index is 2.49. The van der Waals surface area contributed by atoms with E-state index in [4.69, 9.17) is 0 Å². The van der Waals surface area contributed by atoms with Crippen LogP contribution in [0.1, 0.15) is 12.5 Å². The summed E-state index contributed by atoms with van der Waals surface area (Å²) in [6, 6.07) is 3.93. The first kappa shape index (κ1) is 14.9. The molecule has 0 heterocycles. The molecule has 0 fully saturated rings. The van der Waals surface area contributed by atoms with Crippen LogP contribution in [0.4, 0.5) is 14.9 Å². The van der Waals surface area contributed by atoms with Gasteiger partial charge in [0.2, 0.25) is 0 Å². The van der Waals surface area contributed by atoms with Crippen LogP contribution in [-0.4, -0.2) is 25.7 Å². The number of anilines is 1. The number of carbonyl (C=O) groups excluding carboxylic acids is 2. The summed E-state index contributed by atoms with van der Waals surface area (Å²) in [5, 5.41) is 4.84. The van der Waals surface area contributed by atoms with Gasteiger partial charge >= 0.3 is 12.0 Å². The molecule has 1 aromatic carbocycles. The molecule has 6 heteroatoms. The Kier molecular flexibility index (Phi) is 5.29. The maximum absolute atomic E-state index is 13.5. The fourth-order valence-corrected chi connectivity index (χ4v) is 1.42. The van der Waals surface area contributed by atoms with E-state index >= 15 is 0 Å². The summed E-state index contributed by atoms with van der Waals surface area (Å²) >= 11 is 0. The van der Waals surface area contributed by atoms with Gasteiger partial charge in [0.15, 0.2) is 0 Å². The molecule has 1 unspecified atom stereocenters. The molecular weight excluding hydrogens is 251 g/mol. The van der Waals surface area contributed by atoms with E-state index in [9.17, 15) is 14.0 Å². The number of methoxy groups -OCH3 is 1. The fourth-order valence-electron chi connectivity index (χ4n) is 1.42. The smallest absolute Gasteiger partial charge is 0.319 e. The average molecular weight is 268 g/mol. The molecule has 0 bridgehead atoms. The number of esters is 1. The molecule has 0 aliphatic heterocycles. The lowest BCUT2D eigenvalue weighted by Gasteiger charge is -2.12. The third-order valence-electron chi connectivity index (χ3n) is 2.55. The van der Waals surface area contributed by atoms with Gasteiger partial charge in [-0.3, -0.25) is 4.79 Å². The lowest BCUT2D eigenvalue weighted by molar-refractivity contribution is -0.144. The SMILES string of the molecule is COC(=O)C(C)CNC(=O)Nc1ccc(C)cc1F. The number of benzene rings is 1. The third-order valence-corrected chi connectivity index (χ3v) is 2.55. The van der Waals surface area contributed by atoms with E-state index in [1.807, 2.05) is 0 Å². The van der Waals surface area contributed by atoms with Gasteiger partial charge < -0.3 is 15.4 Å². The molecule has 0 radical (unpaired) electrons. The van der Waals surface area contributed by atoms with Gasteiger partial charge in [-0.2, -0.15) is 0 Å². The topological polar surface area (TPSA) is 67.4 Å². The Hall–Kier alpha value is -2.11. The van der Waals surface area contributed by atoms with Crippen LogP contribution in [-0.2, 0) is 9.53 Å². The van der Waals surface area contributed by atoms with Crippen LogP contribution in [0, 0.1) is 18.7 Å². The van der Waals surface area contributed by atoms with Crippen LogP contribution in [0.15, 0.2) is 18.2 Å². The Morgan fingerprint density at radius 2 is 2.11 bits per heavy atom. The number of rotatable bonds is 4. The minimum absolute atomic E-state index is 0.0915. The van der Waals surface area contributed by atoms with Crippen molar-refractivity contribution in [2.45, 2.75) is 13.8 Å². The van der Waals surface area contributed by atoms with Gasteiger partial charge in [-0.25, -0.2) is 9.18 Å². The van der Waals surface area contributed by atoms with E-state index in [1.54, 1.807) is 19.9 Å². The molecule has 104 valence electrons. The molecule has 1 rings (SSSR count). The first-order valence-electron chi connectivity index (χ1n) is 5.83. The number of hydrogen-bond donors (Lipinski definition) is 2. The van der Waals surface area contributed by atoms with E-state index < -0.39 is 23.7 Å². The number of aryl methyl sites for hydroxylation is 1. The summed E-state index contributed by atoms with van der Waals surface area (Å²) in [5.74, 6) is -1.38. The predicted octanol–water partition coefficient (Wildman–Crippen LogP) is 2.06. The average Bonchev–Trinajstić information content (AvgIpc) is 2.38. The number of halogens is 1. The zero-order valence-electron chi connectivity index (χ0n) is 11.1. The molecule has 19 heavy (non-hydrogen) atoms. The summed E-state index contributed by atoms with van der Waals surface area (Å²) in [5.41, 5.74) is 0.858. The van der Waals surface area contributed by atoms with E-state index in [1.165, 1.54) is 19.2 Å². The zero-order chi connectivity index (χ0) is 14.4. The van der Waals surface area contributed by atoms with Crippen molar-refractivity contribution >= 4 is 17.7 Å². The Morgan fingerprint density at radius 1 is 1.42 bits per heavy atom. The van der Waals surface area contributed by atoms with Crippen molar-refractivity contribution in [3.8, 4) is 0 Å². The summed E-state index contributed by atoms with van der Waals surface area (Å²) < 4.78 is 18.0. The molecule has 1 atom stereocenters. The van der Waals surface area contributed by atoms with Crippen LogP contribution in [0.5, 0.6) is 0 Å². The molecule has 0 spiro atoms. The lowest BCUT2D eigenvalue weighted by atomic mass is 10.2. The summed E-state index contributed by atoms with van der Waals surface area (Å²) in [7, 11) is 1.28. The molecule has 0 saturated heterocycles. The van der Waals surface area contributed by atoms with Crippen molar-refractivity contribution in [3.05, 3.63) is 29.6 Å².